The second-order valence-corrected chi connectivity index (χ2v) is 2.46. The number of rotatable bonds is 1. The molecule has 1 amide bonds. The van der Waals surface area contributed by atoms with Crippen LogP contribution in [0, 0.1) is 0 Å². The summed E-state index contributed by atoms with van der Waals surface area (Å²) in [5.41, 5.74) is 0. The number of nitrogens with zero attached hydrogens (tertiary/aromatic N) is 1. The van der Waals surface area contributed by atoms with Crippen molar-refractivity contribution in [3.05, 3.63) is 11.7 Å². The van der Waals surface area contributed by atoms with Crippen LogP contribution in [0.15, 0.2) is 11.7 Å². The second kappa shape index (κ2) is 2.40. The lowest BCUT2D eigenvalue weighted by atomic mass is 10.4. The van der Waals surface area contributed by atoms with Crippen molar-refractivity contribution in [2.24, 2.45) is 0 Å². The van der Waals surface area contributed by atoms with Gasteiger partial charge in [-0.2, -0.15) is 0 Å². The molecule has 1 saturated heterocycles. The third-order valence-electron chi connectivity index (χ3n) is 1.37. The zero-order chi connectivity index (χ0) is 6.85. The van der Waals surface area contributed by atoms with Gasteiger partial charge in [-0.05, 0) is 6.42 Å². The van der Waals surface area contributed by atoms with Gasteiger partial charge in [-0.3, -0.25) is 4.79 Å². The summed E-state index contributed by atoms with van der Waals surface area (Å²) >= 11 is 5.49. The van der Waals surface area contributed by atoms with E-state index in [-0.39, 0.29) is 5.91 Å². The van der Waals surface area contributed by atoms with E-state index in [2.05, 4.69) is 6.58 Å². The molecule has 3 heteroatoms. The highest BCUT2D eigenvalue weighted by atomic mass is 35.5. The number of halogens is 1. The predicted molar refractivity (Wildman–Crippen MR) is 35.9 cm³/mol. The van der Waals surface area contributed by atoms with E-state index in [4.69, 9.17) is 11.6 Å². The normalized spacial score (nSPS) is 18.8. The number of likely N-dealkylation sites (tertiary alicyclic amines) is 1. The molecule has 0 aliphatic carbocycles. The average Bonchev–Trinajstić information content (AvgIpc) is 2.13. The average molecular weight is 146 g/mol. The Morgan fingerprint density at radius 1 is 1.78 bits per heavy atom. The third kappa shape index (κ3) is 1.24. The quantitative estimate of drug-likeness (QED) is 0.510. The van der Waals surface area contributed by atoms with Crippen molar-refractivity contribution in [3.63, 3.8) is 0 Å². The summed E-state index contributed by atoms with van der Waals surface area (Å²) < 4.78 is 0. The maximum Gasteiger partial charge on any atom is 0.227 e. The highest BCUT2D eigenvalue weighted by Gasteiger charge is 2.20. The van der Waals surface area contributed by atoms with Gasteiger partial charge in [0.2, 0.25) is 5.91 Å². The first-order valence-electron chi connectivity index (χ1n) is 2.86. The minimum Gasteiger partial charge on any atom is -0.303 e. The number of carbonyl (C=O) groups is 1. The summed E-state index contributed by atoms with van der Waals surface area (Å²) in [6, 6.07) is 0. The van der Waals surface area contributed by atoms with Gasteiger partial charge in [-0.15, -0.1) is 0 Å². The van der Waals surface area contributed by atoms with Gasteiger partial charge in [-0.1, -0.05) is 18.2 Å². The highest BCUT2D eigenvalue weighted by molar-refractivity contribution is 6.29. The van der Waals surface area contributed by atoms with E-state index in [9.17, 15) is 4.79 Å². The van der Waals surface area contributed by atoms with Crippen molar-refractivity contribution in [2.45, 2.75) is 12.8 Å². The minimum atomic E-state index is 0.0926. The van der Waals surface area contributed by atoms with Crippen LogP contribution in [-0.4, -0.2) is 17.4 Å². The van der Waals surface area contributed by atoms with Crippen LogP contribution in [0.2, 0.25) is 0 Å². The molecule has 0 aromatic heterocycles. The van der Waals surface area contributed by atoms with Gasteiger partial charge in [0.05, 0.1) is 0 Å². The van der Waals surface area contributed by atoms with Gasteiger partial charge in [0.1, 0.15) is 5.16 Å². The van der Waals surface area contributed by atoms with E-state index < -0.39 is 0 Å². The Labute approximate surface area is 59.1 Å². The number of hydrogen-bond donors (Lipinski definition) is 0. The lowest BCUT2D eigenvalue weighted by molar-refractivity contribution is -0.125. The van der Waals surface area contributed by atoms with Crippen LogP contribution in [0.4, 0.5) is 0 Å². The first-order chi connectivity index (χ1) is 4.22. The molecule has 50 valence electrons. The van der Waals surface area contributed by atoms with Crippen LogP contribution in [0.3, 0.4) is 0 Å². The molecule has 0 saturated carbocycles. The van der Waals surface area contributed by atoms with Crippen molar-refractivity contribution < 1.29 is 4.79 Å². The van der Waals surface area contributed by atoms with E-state index >= 15 is 0 Å². The zero-order valence-corrected chi connectivity index (χ0v) is 5.82. The molecular formula is C6H8ClNO. The van der Waals surface area contributed by atoms with Gasteiger partial charge < -0.3 is 4.90 Å². The summed E-state index contributed by atoms with van der Waals surface area (Å²) in [5.74, 6) is 0.0926. The largest absolute Gasteiger partial charge is 0.303 e. The Morgan fingerprint density at radius 3 is 2.67 bits per heavy atom. The number of amides is 1. The first kappa shape index (κ1) is 6.62. The molecule has 0 unspecified atom stereocenters. The van der Waals surface area contributed by atoms with Crippen LogP contribution >= 0.6 is 11.6 Å². The maximum absolute atomic E-state index is 10.8. The molecule has 2 nitrogen and oxygen atoms in total. The van der Waals surface area contributed by atoms with E-state index in [0.29, 0.717) is 11.6 Å². The zero-order valence-electron chi connectivity index (χ0n) is 5.06. The van der Waals surface area contributed by atoms with Crippen LogP contribution < -0.4 is 0 Å². The smallest absolute Gasteiger partial charge is 0.227 e. The van der Waals surface area contributed by atoms with Gasteiger partial charge >= 0.3 is 0 Å². The Hall–Kier alpha value is -0.500. The molecule has 0 N–H and O–H groups in total. The lowest BCUT2D eigenvalue weighted by Gasteiger charge is -2.11. The summed E-state index contributed by atoms with van der Waals surface area (Å²) in [7, 11) is 0. The van der Waals surface area contributed by atoms with Gasteiger partial charge in [0.25, 0.3) is 0 Å². The van der Waals surface area contributed by atoms with Gasteiger partial charge in [-0.25, -0.2) is 0 Å². The van der Waals surface area contributed by atoms with Crippen LogP contribution in [0.5, 0.6) is 0 Å². The topological polar surface area (TPSA) is 20.3 Å². The van der Waals surface area contributed by atoms with Crippen molar-refractivity contribution in [1.29, 1.82) is 0 Å². The Morgan fingerprint density at radius 2 is 2.44 bits per heavy atom. The molecular weight excluding hydrogens is 138 g/mol. The predicted octanol–water partition coefficient (Wildman–Crippen LogP) is 1.32. The Bertz CT molecular complexity index is 155. The summed E-state index contributed by atoms with van der Waals surface area (Å²) in [6.45, 7) is 4.20. The Kier molecular flexibility index (Phi) is 1.76. The van der Waals surface area contributed by atoms with E-state index in [1.807, 2.05) is 0 Å². The molecule has 0 spiro atoms. The highest BCUT2D eigenvalue weighted by Crippen LogP contribution is 2.16. The molecule has 9 heavy (non-hydrogen) atoms. The second-order valence-electron chi connectivity index (χ2n) is 2.03. The van der Waals surface area contributed by atoms with Crippen LogP contribution in [0.25, 0.3) is 0 Å². The fraction of sp³-hybridized carbons (Fsp3) is 0.500. The third-order valence-corrected chi connectivity index (χ3v) is 1.57. The molecule has 0 bridgehead atoms. The Balaban J connectivity index is 2.60. The fourth-order valence-corrected chi connectivity index (χ4v) is 1.08. The van der Waals surface area contributed by atoms with Gasteiger partial charge in [0.15, 0.2) is 0 Å². The molecule has 1 aliphatic heterocycles. The molecule has 1 heterocycles. The van der Waals surface area contributed by atoms with E-state index in [1.165, 1.54) is 4.90 Å². The molecule has 0 aromatic carbocycles. The van der Waals surface area contributed by atoms with E-state index in [0.717, 1.165) is 13.0 Å². The molecule has 0 aromatic rings. The maximum atomic E-state index is 10.8. The summed E-state index contributed by atoms with van der Waals surface area (Å²) in [6.07, 6.45) is 1.52. The summed E-state index contributed by atoms with van der Waals surface area (Å²) in [5, 5.41) is 0.345. The molecule has 0 atom stereocenters. The van der Waals surface area contributed by atoms with Crippen molar-refractivity contribution >= 4 is 17.5 Å². The lowest BCUT2D eigenvalue weighted by Crippen LogP contribution is -2.20. The van der Waals surface area contributed by atoms with Crippen molar-refractivity contribution in [3.8, 4) is 0 Å². The van der Waals surface area contributed by atoms with Crippen molar-refractivity contribution in [2.75, 3.05) is 6.54 Å². The number of hydrogen-bond acceptors (Lipinski definition) is 1. The first-order valence-corrected chi connectivity index (χ1v) is 3.24. The SMILES string of the molecule is C=C(Cl)N1CCCC1=O. The summed E-state index contributed by atoms with van der Waals surface area (Å²) in [4.78, 5) is 12.3. The molecule has 1 fully saturated rings. The van der Waals surface area contributed by atoms with Crippen LogP contribution in [0.1, 0.15) is 12.8 Å². The number of carbonyl (C=O) groups excluding carboxylic acids is 1. The van der Waals surface area contributed by atoms with Crippen LogP contribution in [-0.2, 0) is 4.79 Å². The monoisotopic (exact) mass is 145 g/mol. The molecule has 1 aliphatic rings. The minimum absolute atomic E-state index is 0.0926. The van der Waals surface area contributed by atoms with Crippen molar-refractivity contribution in [1.82, 2.24) is 4.90 Å². The molecule has 1 rings (SSSR count). The van der Waals surface area contributed by atoms with Gasteiger partial charge in [0, 0.05) is 13.0 Å². The molecule has 0 radical (unpaired) electrons. The standard InChI is InChI=1S/C6H8ClNO/c1-5(7)8-4-2-3-6(8)9/h1-4H2. The van der Waals surface area contributed by atoms with E-state index in [1.54, 1.807) is 0 Å². The fourth-order valence-electron chi connectivity index (χ4n) is 0.905.